The van der Waals surface area contributed by atoms with Crippen molar-refractivity contribution in [3.05, 3.63) is 46.8 Å². The zero-order chi connectivity index (χ0) is 16.4. The number of rotatable bonds is 5. The van der Waals surface area contributed by atoms with Crippen LogP contribution in [0.5, 0.6) is 0 Å². The average molecular weight is 305 g/mol. The quantitative estimate of drug-likeness (QED) is 0.916. The Hall–Kier alpha value is -2.50. The van der Waals surface area contributed by atoms with Crippen molar-refractivity contribution in [2.24, 2.45) is 0 Å². The summed E-state index contributed by atoms with van der Waals surface area (Å²) in [5.41, 5.74) is 0.626. The fourth-order valence-corrected chi connectivity index (χ4v) is 2.29. The molecule has 0 aliphatic rings. The largest absolute Gasteiger partial charge is 0.478 e. The summed E-state index contributed by atoms with van der Waals surface area (Å²) in [6, 6.07) is 3.09. The second kappa shape index (κ2) is 6.09. The monoisotopic (exact) mass is 305 g/mol. The molecule has 2 heterocycles. The molecule has 0 aliphatic heterocycles. The predicted octanol–water partition coefficient (Wildman–Crippen LogP) is 3.27. The van der Waals surface area contributed by atoms with Gasteiger partial charge in [0.2, 0.25) is 0 Å². The number of hydrogen-bond acceptors (Lipinski definition) is 4. The van der Waals surface area contributed by atoms with Crippen molar-refractivity contribution >= 4 is 11.9 Å². The summed E-state index contributed by atoms with van der Waals surface area (Å²) in [4.78, 5) is 24.9. The summed E-state index contributed by atoms with van der Waals surface area (Å²) < 4.78 is 10.7. The van der Waals surface area contributed by atoms with E-state index in [0.29, 0.717) is 22.8 Å². The number of aromatic carboxylic acids is 1. The molecule has 0 aromatic carbocycles. The standard InChI is InChI=1S/C16H19NO5/c1-9(2)14-12(5-6-21-14)15(18)17(4)8-11-7-13(16(19)20)10(3)22-11/h5-7,9H,8H2,1-4H3,(H,19,20). The molecule has 0 radical (unpaired) electrons. The van der Waals surface area contributed by atoms with Crippen LogP contribution in [-0.4, -0.2) is 28.9 Å². The lowest BCUT2D eigenvalue weighted by atomic mass is 10.1. The van der Waals surface area contributed by atoms with Gasteiger partial charge in [-0.25, -0.2) is 4.79 Å². The Morgan fingerprint density at radius 1 is 1.32 bits per heavy atom. The number of hydrogen-bond donors (Lipinski definition) is 1. The van der Waals surface area contributed by atoms with Crippen LogP contribution in [0.1, 0.15) is 57.8 Å². The van der Waals surface area contributed by atoms with E-state index < -0.39 is 5.97 Å². The Bertz CT molecular complexity index is 695. The number of carboxylic acid groups (broad SMARTS) is 1. The minimum Gasteiger partial charge on any atom is -0.478 e. The summed E-state index contributed by atoms with van der Waals surface area (Å²) in [7, 11) is 1.64. The first kappa shape index (κ1) is 15.9. The van der Waals surface area contributed by atoms with Gasteiger partial charge in [-0.15, -0.1) is 0 Å². The first-order valence-corrected chi connectivity index (χ1v) is 6.96. The van der Waals surface area contributed by atoms with Crippen molar-refractivity contribution in [1.82, 2.24) is 4.90 Å². The second-order valence-electron chi connectivity index (χ2n) is 5.50. The van der Waals surface area contributed by atoms with Crippen molar-refractivity contribution in [3.8, 4) is 0 Å². The molecule has 0 bridgehead atoms. The molecule has 118 valence electrons. The van der Waals surface area contributed by atoms with Crippen LogP contribution in [0.3, 0.4) is 0 Å². The van der Waals surface area contributed by atoms with Crippen LogP contribution in [0.2, 0.25) is 0 Å². The van der Waals surface area contributed by atoms with Gasteiger partial charge in [0.1, 0.15) is 22.8 Å². The van der Waals surface area contributed by atoms with Crippen LogP contribution in [0.25, 0.3) is 0 Å². The Morgan fingerprint density at radius 2 is 2.00 bits per heavy atom. The molecule has 0 saturated heterocycles. The summed E-state index contributed by atoms with van der Waals surface area (Å²) in [6.45, 7) is 5.67. The Labute approximate surface area is 128 Å². The van der Waals surface area contributed by atoms with E-state index in [9.17, 15) is 9.59 Å². The fourth-order valence-electron chi connectivity index (χ4n) is 2.29. The lowest BCUT2D eigenvalue weighted by Crippen LogP contribution is -2.26. The topological polar surface area (TPSA) is 83.9 Å². The molecule has 22 heavy (non-hydrogen) atoms. The van der Waals surface area contributed by atoms with Crippen LogP contribution in [0, 0.1) is 6.92 Å². The van der Waals surface area contributed by atoms with Gasteiger partial charge < -0.3 is 18.8 Å². The highest BCUT2D eigenvalue weighted by Crippen LogP contribution is 2.23. The summed E-state index contributed by atoms with van der Waals surface area (Å²) >= 11 is 0. The van der Waals surface area contributed by atoms with Gasteiger partial charge in [0.15, 0.2) is 0 Å². The van der Waals surface area contributed by atoms with E-state index in [1.54, 1.807) is 20.0 Å². The molecule has 2 aromatic heterocycles. The number of amides is 1. The molecule has 1 N–H and O–H groups in total. The average Bonchev–Trinajstić information content (AvgIpc) is 3.04. The van der Waals surface area contributed by atoms with Gasteiger partial charge in [0, 0.05) is 13.0 Å². The first-order valence-electron chi connectivity index (χ1n) is 6.96. The van der Waals surface area contributed by atoms with Crippen LogP contribution < -0.4 is 0 Å². The molecule has 6 nitrogen and oxygen atoms in total. The van der Waals surface area contributed by atoms with Crippen molar-refractivity contribution < 1.29 is 23.5 Å². The molecule has 1 amide bonds. The van der Waals surface area contributed by atoms with E-state index in [2.05, 4.69) is 0 Å². The zero-order valence-corrected chi connectivity index (χ0v) is 13.0. The van der Waals surface area contributed by atoms with Gasteiger partial charge in [-0.2, -0.15) is 0 Å². The number of nitrogens with zero attached hydrogens (tertiary/aromatic N) is 1. The lowest BCUT2D eigenvalue weighted by Gasteiger charge is -2.16. The second-order valence-corrected chi connectivity index (χ2v) is 5.50. The van der Waals surface area contributed by atoms with Crippen molar-refractivity contribution in [3.63, 3.8) is 0 Å². The molecule has 2 aromatic rings. The van der Waals surface area contributed by atoms with E-state index in [1.807, 2.05) is 13.8 Å². The molecule has 0 aliphatic carbocycles. The Morgan fingerprint density at radius 3 is 2.55 bits per heavy atom. The highest BCUT2D eigenvalue weighted by atomic mass is 16.4. The van der Waals surface area contributed by atoms with Gasteiger partial charge in [0.25, 0.3) is 5.91 Å². The zero-order valence-electron chi connectivity index (χ0n) is 13.0. The minimum absolute atomic E-state index is 0.104. The molecule has 0 atom stereocenters. The Kier molecular flexibility index (Phi) is 4.40. The molecule has 0 fully saturated rings. The van der Waals surface area contributed by atoms with Crippen LogP contribution in [0.4, 0.5) is 0 Å². The molecule has 2 rings (SSSR count). The lowest BCUT2D eigenvalue weighted by molar-refractivity contribution is 0.0694. The maximum absolute atomic E-state index is 12.5. The van der Waals surface area contributed by atoms with Crippen molar-refractivity contribution in [1.29, 1.82) is 0 Å². The molecule has 0 saturated carbocycles. The number of carbonyl (C=O) groups excluding carboxylic acids is 1. The maximum Gasteiger partial charge on any atom is 0.339 e. The number of carbonyl (C=O) groups is 2. The third-order valence-electron chi connectivity index (χ3n) is 3.39. The molecule has 0 spiro atoms. The SMILES string of the molecule is Cc1oc(CN(C)C(=O)c2ccoc2C(C)C)cc1C(=O)O. The smallest absolute Gasteiger partial charge is 0.339 e. The highest BCUT2D eigenvalue weighted by molar-refractivity contribution is 5.95. The maximum atomic E-state index is 12.5. The molecule has 0 unspecified atom stereocenters. The van der Waals surface area contributed by atoms with Gasteiger partial charge in [0.05, 0.1) is 18.4 Å². The fraction of sp³-hybridized carbons (Fsp3) is 0.375. The van der Waals surface area contributed by atoms with E-state index >= 15 is 0 Å². The molecular weight excluding hydrogens is 286 g/mol. The highest BCUT2D eigenvalue weighted by Gasteiger charge is 2.22. The Balaban J connectivity index is 2.16. The van der Waals surface area contributed by atoms with E-state index in [1.165, 1.54) is 17.2 Å². The van der Waals surface area contributed by atoms with E-state index in [4.69, 9.17) is 13.9 Å². The van der Waals surface area contributed by atoms with E-state index in [0.717, 1.165) is 0 Å². The summed E-state index contributed by atoms with van der Waals surface area (Å²) in [5.74, 6) is 0.266. The third kappa shape index (κ3) is 3.05. The first-order chi connectivity index (χ1) is 10.3. The van der Waals surface area contributed by atoms with Gasteiger partial charge in [-0.1, -0.05) is 13.8 Å². The molecule has 6 heteroatoms. The van der Waals surface area contributed by atoms with Crippen molar-refractivity contribution in [2.45, 2.75) is 33.2 Å². The van der Waals surface area contributed by atoms with Gasteiger partial charge in [-0.3, -0.25) is 4.79 Å². The van der Waals surface area contributed by atoms with Crippen molar-refractivity contribution in [2.75, 3.05) is 7.05 Å². The summed E-state index contributed by atoms with van der Waals surface area (Å²) in [6.07, 6.45) is 1.50. The summed E-state index contributed by atoms with van der Waals surface area (Å²) in [5, 5.41) is 9.02. The normalized spacial score (nSPS) is 11.0. The van der Waals surface area contributed by atoms with Crippen LogP contribution >= 0.6 is 0 Å². The van der Waals surface area contributed by atoms with Gasteiger partial charge in [-0.05, 0) is 19.1 Å². The number of aryl methyl sites for hydroxylation is 1. The third-order valence-corrected chi connectivity index (χ3v) is 3.39. The van der Waals surface area contributed by atoms with E-state index in [-0.39, 0.29) is 23.9 Å². The van der Waals surface area contributed by atoms with Gasteiger partial charge >= 0.3 is 5.97 Å². The number of furan rings is 2. The molecular formula is C16H19NO5. The number of carboxylic acids is 1. The minimum atomic E-state index is -1.04. The van der Waals surface area contributed by atoms with Crippen LogP contribution in [0.15, 0.2) is 27.2 Å². The predicted molar refractivity (Wildman–Crippen MR) is 79.0 cm³/mol. The van der Waals surface area contributed by atoms with Crippen LogP contribution in [-0.2, 0) is 6.54 Å².